The number of piperidine rings is 2. The topological polar surface area (TPSA) is 120 Å². The molecule has 0 spiro atoms. The zero-order chi connectivity index (χ0) is 38.1. The minimum atomic E-state index is -1.82. The van der Waals surface area contributed by atoms with Crippen molar-refractivity contribution in [1.29, 1.82) is 0 Å². The van der Waals surface area contributed by atoms with Gasteiger partial charge in [0.25, 0.3) is 0 Å². The van der Waals surface area contributed by atoms with E-state index in [1.54, 1.807) is 6.92 Å². The minimum absolute atomic E-state index is 0.0520. The number of likely N-dealkylation sites (tertiary alicyclic amines) is 2. The number of carbonyl (C=O) groups is 2. The van der Waals surface area contributed by atoms with Gasteiger partial charge in [-0.05, 0) is 123 Å². The fourth-order valence-corrected chi connectivity index (χ4v) is 8.23. The highest BCUT2D eigenvalue weighted by Crippen LogP contribution is 2.45. The van der Waals surface area contributed by atoms with Gasteiger partial charge in [0.1, 0.15) is 18.0 Å². The Hall–Kier alpha value is -2.20. The molecule has 3 rings (SSSR count). The molecule has 0 amide bonds. The Labute approximate surface area is 296 Å². The van der Waals surface area contributed by atoms with Crippen LogP contribution in [0.1, 0.15) is 140 Å². The summed E-state index contributed by atoms with van der Waals surface area (Å²) in [7, 11) is 3.91. The standard InChI is InChI=1S/C40H68N2O7/c1-18-40(32(46)48-30-27(43)22-36(8,9)41(16)38(30,12)13,33(47)49-31-28(44)23-37(10,11)42(17)39(31,14)15)21-24-19-25(34(2,3)4)29(45)26(20-24)35(5,6)7/h19-20,27-28,30-31,43-45H,18,21-23H2,1-17H3. The number of benzene rings is 1. The molecule has 2 saturated heterocycles. The van der Waals surface area contributed by atoms with Crippen LogP contribution in [0.15, 0.2) is 12.1 Å². The molecule has 280 valence electrons. The van der Waals surface area contributed by atoms with E-state index in [1.165, 1.54) is 0 Å². The van der Waals surface area contributed by atoms with E-state index in [-0.39, 0.29) is 29.7 Å². The van der Waals surface area contributed by atoms with Crippen molar-refractivity contribution in [2.75, 3.05) is 14.1 Å². The van der Waals surface area contributed by atoms with E-state index in [1.807, 2.05) is 123 Å². The Balaban J connectivity index is 2.22. The van der Waals surface area contributed by atoms with Crippen LogP contribution in [-0.2, 0) is 36.3 Å². The van der Waals surface area contributed by atoms with Gasteiger partial charge in [0.15, 0.2) is 5.41 Å². The lowest BCUT2D eigenvalue weighted by Crippen LogP contribution is -2.69. The number of likely N-dealkylation sites (N-methyl/N-ethyl adjacent to an activating group) is 2. The van der Waals surface area contributed by atoms with E-state index in [0.29, 0.717) is 29.5 Å². The molecule has 0 aliphatic carbocycles. The fourth-order valence-electron chi connectivity index (χ4n) is 8.23. The third-order valence-corrected chi connectivity index (χ3v) is 12.2. The summed E-state index contributed by atoms with van der Waals surface area (Å²) in [4.78, 5) is 33.9. The predicted octanol–water partition coefficient (Wildman–Crippen LogP) is 6.26. The fraction of sp³-hybridized carbons (Fsp3) is 0.800. The van der Waals surface area contributed by atoms with E-state index >= 15 is 0 Å². The van der Waals surface area contributed by atoms with Crippen molar-refractivity contribution in [3.05, 3.63) is 28.8 Å². The van der Waals surface area contributed by atoms with Crippen LogP contribution in [0.3, 0.4) is 0 Å². The summed E-state index contributed by atoms with van der Waals surface area (Å²) in [6.07, 6.45) is -3.01. The first-order valence-electron chi connectivity index (χ1n) is 18.0. The first-order chi connectivity index (χ1) is 21.9. The largest absolute Gasteiger partial charge is 0.507 e. The molecule has 2 aliphatic heterocycles. The average molecular weight is 689 g/mol. The highest BCUT2D eigenvalue weighted by atomic mass is 16.6. The van der Waals surface area contributed by atoms with Gasteiger partial charge in [-0.1, -0.05) is 60.6 Å². The molecule has 2 aliphatic rings. The zero-order valence-electron chi connectivity index (χ0n) is 33.7. The highest BCUT2D eigenvalue weighted by Gasteiger charge is 2.58. The number of nitrogens with zero attached hydrogens (tertiary/aromatic N) is 2. The van der Waals surface area contributed by atoms with E-state index in [4.69, 9.17) is 9.47 Å². The maximum absolute atomic E-state index is 14.8. The maximum atomic E-state index is 14.8. The minimum Gasteiger partial charge on any atom is -0.507 e. The van der Waals surface area contributed by atoms with Crippen LogP contribution in [0.25, 0.3) is 0 Å². The zero-order valence-corrected chi connectivity index (χ0v) is 33.7. The van der Waals surface area contributed by atoms with Crippen molar-refractivity contribution in [3.8, 4) is 5.75 Å². The molecule has 9 heteroatoms. The number of aliphatic hydroxyl groups excluding tert-OH is 2. The lowest BCUT2D eigenvalue weighted by molar-refractivity contribution is -0.213. The molecule has 0 radical (unpaired) electrons. The van der Waals surface area contributed by atoms with E-state index in [0.717, 1.165) is 0 Å². The molecule has 3 N–H and O–H groups in total. The van der Waals surface area contributed by atoms with Gasteiger partial charge >= 0.3 is 11.9 Å². The summed E-state index contributed by atoms with van der Waals surface area (Å²) in [6.45, 7) is 29.8. The molecule has 1 aromatic carbocycles. The van der Waals surface area contributed by atoms with Crippen LogP contribution < -0.4 is 0 Å². The number of rotatable bonds is 7. The second-order valence-electron chi connectivity index (χ2n) is 19.4. The summed E-state index contributed by atoms with van der Waals surface area (Å²) in [6, 6.07) is 3.75. The van der Waals surface area contributed by atoms with E-state index in [2.05, 4.69) is 9.80 Å². The van der Waals surface area contributed by atoms with Crippen molar-refractivity contribution in [3.63, 3.8) is 0 Å². The van der Waals surface area contributed by atoms with Gasteiger partial charge in [-0.3, -0.25) is 19.4 Å². The van der Waals surface area contributed by atoms with Gasteiger partial charge in [-0.15, -0.1) is 0 Å². The van der Waals surface area contributed by atoms with Gasteiger partial charge in [0.2, 0.25) is 0 Å². The highest BCUT2D eigenvalue weighted by molar-refractivity contribution is 6.00. The van der Waals surface area contributed by atoms with Crippen LogP contribution in [-0.4, -0.2) is 97.7 Å². The smallest absolute Gasteiger partial charge is 0.324 e. The number of ether oxygens (including phenoxy) is 2. The molecule has 0 saturated carbocycles. The van der Waals surface area contributed by atoms with Crippen LogP contribution in [0.5, 0.6) is 5.75 Å². The first-order valence-corrected chi connectivity index (χ1v) is 18.0. The van der Waals surface area contributed by atoms with Crippen molar-refractivity contribution in [1.82, 2.24) is 9.80 Å². The number of phenols is 1. The normalized spacial score (nSPS) is 28.4. The Morgan fingerprint density at radius 2 is 1.06 bits per heavy atom. The van der Waals surface area contributed by atoms with Crippen molar-refractivity contribution < 1.29 is 34.4 Å². The molecule has 0 bridgehead atoms. The van der Waals surface area contributed by atoms with Gasteiger partial charge in [0, 0.05) is 11.1 Å². The average Bonchev–Trinajstić information content (AvgIpc) is 2.93. The third kappa shape index (κ3) is 7.56. The number of aromatic hydroxyl groups is 1. The predicted molar refractivity (Wildman–Crippen MR) is 195 cm³/mol. The molecule has 1 aromatic rings. The second-order valence-corrected chi connectivity index (χ2v) is 19.4. The van der Waals surface area contributed by atoms with Crippen LogP contribution in [0, 0.1) is 5.41 Å². The molecule has 2 heterocycles. The quantitative estimate of drug-likeness (QED) is 0.225. The van der Waals surface area contributed by atoms with Gasteiger partial charge in [0.05, 0.1) is 23.3 Å². The maximum Gasteiger partial charge on any atom is 0.324 e. The summed E-state index contributed by atoms with van der Waals surface area (Å²) in [5.74, 6) is -1.35. The monoisotopic (exact) mass is 689 g/mol. The number of carbonyl (C=O) groups excluding carboxylic acids is 2. The third-order valence-electron chi connectivity index (χ3n) is 12.2. The summed E-state index contributed by atoms with van der Waals surface area (Å²) in [5, 5.41) is 34.3. The molecule has 0 aromatic heterocycles. The lowest BCUT2D eigenvalue weighted by atomic mass is 9.73. The Bertz CT molecular complexity index is 1300. The summed E-state index contributed by atoms with van der Waals surface area (Å²) >= 11 is 0. The molecule has 4 unspecified atom stereocenters. The Kier molecular flexibility index (Phi) is 11.0. The second kappa shape index (κ2) is 13.1. The number of hydrogen-bond acceptors (Lipinski definition) is 9. The van der Waals surface area contributed by atoms with Crippen molar-refractivity contribution in [2.45, 2.75) is 187 Å². The number of hydrogen-bond donors (Lipinski definition) is 3. The van der Waals surface area contributed by atoms with Crippen molar-refractivity contribution in [2.24, 2.45) is 5.41 Å². The van der Waals surface area contributed by atoms with Gasteiger partial charge in [-0.25, -0.2) is 0 Å². The van der Waals surface area contributed by atoms with Gasteiger partial charge in [-0.2, -0.15) is 0 Å². The van der Waals surface area contributed by atoms with Crippen LogP contribution in [0.4, 0.5) is 0 Å². The molecule has 49 heavy (non-hydrogen) atoms. The molecule has 9 nitrogen and oxygen atoms in total. The van der Waals surface area contributed by atoms with Gasteiger partial charge < -0.3 is 24.8 Å². The number of esters is 2. The molecular weight excluding hydrogens is 620 g/mol. The lowest BCUT2D eigenvalue weighted by Gasteiger charge is -2.56. The summed E-state index contributed by atoms with van der Waals surface area (Å²) in [5.41, 5.74) is -2.79. The van der Waals surface area contributed by atoms with Crippen LogP contribution in [0.2, 0.25) is 0 Å². The van der Waals surface area contributed by atoms with Crippen molar-refractivity contribution >= 4 is 11.9 Å². The van der Waals surface area contributed by atoms with E-state index in [9.17, 15) is 24.9 Å². The summed E-state index contributed by atoms with van der Waals surface area (Å²) < 4.78 is 12.6. The number of aliphatic hydroxyl groups is 2. The SMILES string of the molecule is CCC(Cc1cc(C(C)(C)C)c(O)c(C(C)(C)C)c1)(C(=O)OC1C(O)CC(C)(C)N(C)C1(C)C)C(=O)OC1C(O)CC(C)(C)N(C)C1(C)C. The molecule has 2 fully saturated rings. The Morgan fingerprint density at radius 1 is 0.735 bits per heavy atom. The van der Waals surface area contributed by atoms with Crippen LogP contribution >= 0.6 is 0 Å². The Morgan fingerprint density at radius 3 is 1.35 bits per heavy atom. The molecule has 4 atom stereocenters. The molecular formula is C40H68N2O7. The number of phenolic OH excluding ortho intramolecular Hbond substituents is 1. The van der Waals surface area contributed by atoms with E-state index < -0.39 is 63.7 Å². The first kappa shape index (κ1) is 41.2.